The van der Waals surface area contributed by atoms with Crippen molar-refractivity contribution in [3.05, 3.63) is 29.3 Å². The highest BCUT2D eigenvalue weighted by Crippen LogP contribution is 2.19. The maximum atomic E-state index is 13.9. The third-order valence-electron chi connectivity index (χ3n) is 2.89. The smallest absolute Gasteiger partial charge is 0.257 e. The highest BCUT2D eigenvalue weighted by atomic mass is 19.1. The second-order valence-electron chi connectivity index (χ2n) is 4.95. The summed E-state index contributed by atoms with van der Waals surface area (Å²) in [6.45, 7) is 3.52. The molecule has 20 heavy (non-hydrogen) atoms. The van der Waals surface area contributed by atoms with Gasteiger partial charge in [0, 0.05) is 19.6 Å². The molecule has 0 radical (unpaired) electrons. The fourth-order valence-electron chi connectivity index (χ4n) is 1.84. The van der Waals surface area contributed by atoms with Crippen LogP contribution in [0.4, 0.5) is 14.5 Å². The molecule has 112 valence electrons. The largest absolute Gasteiger partial charge is 0.396 e. The third-order valence-corrected chi connectivity index (χ3v) is 2.89. The number of nitrogens with zero attached hydrogens (tertiary/aromatic N) is 2. The van der Waals surface area contributed by atoms with Gasteiger partial charge in [-0.05, 0) is 32.6 Å². The van der Waals surface area contributed by atoms with E-state index in [1.807, 2.05) is 25.9 Å². The number of halogens is 2. The minimum absolute atomic E-state index is 0.310. The lowest BCUT2D eigenvalue weighted by Crippen LogP contribution is -2.37. The van der Waals surface area contributed by atoms with Crippen LogP contribution in [-0.4, -0.2) is 49.4 Å². The molecule has 0 heterocycles. The van der Waals surface area contributed by atoms with Gasteiger partial charge >= 0.3 is 0 Å². The van der Waals surface area contributed by atoms with Crippen molar-refractivity contribution >= 4 is 11.6 Å². The van der Waals surface area contributed by atoms with Crippen LogP contribution in [0.5, 0.6) is 0 Å². The highest BCUT2D eigenvalue weighted by Gasteiger charge is 2.21. The van der Waals surface area contributed by atoms with E-state index in [0.29, 0.717) is 19.6 Å². The average Bonchev–Trinajstić information content (AvgIpc) is 2.37. The van der Waals surface area contributed by atoms with Crippen LogP contribution in [0.1, 0.15) is 23.7 Å². The van der Waals surface area contributed by atoms with Crippen molar-refractivity contribution in [3.63, 3.8) is 0 Å². The summed E-state index contributed by atoms with van der Waals surface area (Å²) in [5.74, 6) is -2.10. The number of nitrogen functional groups attached to an aromatic ring is 1. The Balaban J connectivity index is 2.99. The molecule has 1 amide bonds. The van der Waals surface area contributed by atoms with Crippen molar-refractivity contribution < 1.29 is 13.6 Å². The summed E-state index contributed by atoms with van der Waals surface area (Å²) >= 11 is 0. The molecule has 1 aromatic rings. The van der Waals surface area contributed by atoms with Crippen molar-refractivity contribution in [2.45, 2.75) is 13.3 Å². The number of carbonyl (C=O) groups excluding carboxylic acids is 1. The first-order chi connectivity index (χ1) is 9.36. The number of hydrogen-bond donors (Lipinski definition) is 1. The topological polar surface area (TPSA) is 49.6 Å². The molecule has 0 aromatic heterocycles. The number of anilines is 1. The second-order valence-corrected chi connectivity index (χ2v) is 4.95. The number of rotatable bonds is 6. The van der Waals surface area contributed by atoms with Crippen LogP contribution < -0.4 is 5.73 Å². The summed E-state index contributed by atoms with van der Waals surface area (Å²) in [6, 6.07) is 1.77. The summed E-state index contributed by atoms with van der Waals surface area (Å²) in [6.07, 6.45) is 0.742. The van der Waals surface area contributed by atoms with Crippen LogP contribution in [0.2, 0.25) is 0 Å². The molecule has 0 fully saturated rings. The Kier molecular flexibility index (Phi) is 5.88. The second kappa shape index (κ2) is 7.19. The molecule has 0 saturated carbocycles. The molecule has 1 aromatic carbocycles. The molecule has 0 aliphatic heterocycles. The molecular weight excluding hydrogens is 264 g/mol. The molecule has 2 N–H and O–H groups in total. The van der Waals surface area contributed by atoms with Crippen molar-refractivity contribution in [3.8, 4) is 0 Å². The monoisotopic (exact) mass is 285 g/mol. The first-order valence-corrected chi connectivity index (χ1v) is 6.55. The Labute approximate surface area is 118 Å². The fourth-order valence-corrected chi connectivity index (χ4v) is 1.84. The lowest BCUT2D eigenvalue weighted by Gasteiger charge is -2.24. The van der Waals surface area contributed by atoms with E-state index in [-0.39, 0.29) is 11.3 Å². The van der Waals surface area contributed by atoms with E-state index in [0.717, 1.165) is 18.6 Å². The van der Waals surface area contributed by atoms with E-state index in [4.69, 9.17) is 5.73 Å². The van der Waals surface area contributed by atoms with E-state index < -0.39 is 17.5 Å². The Morgan fingerprint density at radius 2 is 1.85 bits per heavy atom. The van der Waals surface area contributed by atoms with Gasteiger partial charge < -0.3 is 15.5 Å². The van der Waals surface area contributed by atoms with E-state index in [1.54, 1.807) is 0 Å². The van der Waals surface area contributed by atoms with Crippen molar-refractivity contribution in [2.75, 3.05) is 39.5 Å². The summed E-state index contributed by atoms with van der Waals surface area (Å²) < 4.78 is 27.2. The molecule has 0 atom stereocenters. The number of carbonyl (C=O) groups is 1. The Bertz CT molecular complexity index is 478. The van der Waals surface area contributed by atoms with Gasteiger partial charge in [0.15, 0.2) is 5.82 Å². The number of amides is 1. The van der Waals surface area contributed by atoms with Crippen molar-refractivity contribution in [1.29, 1.82) is 0 Å². The number of benzene rings is 1. The minimum atomic E-state index is -0.859. The van der Waals surface area contributed by atoms with Gasteiger partial charge in [0.2, 0.25) is 0 Å². The molecule has 0 bridgehead atoms. The normalized spacial score (nSPS) is 10.9. The molecule has 6 heteroatoms. The van der Waals surface area contributed by atoms with Gasteiger partial charge in [-0.2, -0.15) is 0 Å². The van der Waals surface area contributed by atoms with Crippen molar-refractivity contribution in [1.82, 2.24) is 9.80 Å². The van der Waals surface area contributed by atoms with Gasteiger partial charge in [0.05, 0.1) is 11.3 Å². The molecule has 0 aliphatic carbocycles. The summed E-state index contributed by atoms with van der Waals surface area (Å²) in [5.41, 5.74) is 4.70. The predicted octanol–water partition coefficient (Wildman–Crippen LogP) is 1.96. The number of likely N-dealkylation sites (N-methyl/N-ethyl adjacent to an activating group) is 1. The molecule has 0 aliphatic rings. The van der Waals surface area contributed by atoms with Gasteiger partial charge in [0.25, 0.3) is 5.91 Å². The average molecular weight is 285 g/mol. The Hall–Kier alpha value is -1.69. The first-order valence-electron chi connectivity index (χ1n) is 6.55. The minimum Gasteiger partial charge on any atom is -0.396 e. The first kappa shape index (κ1) is 16.4. The maximum Gasteiger partial charge on any atom is 0.257 e. The van der Waals surface area contributed by atoms with Crippen molar-refractivity contribution in [2.24, 2.45) is 0 Å². The van der Waals surface area contributed by atoms with Crippen LogP contribution in [0.15, 0.2) is 12.1 Å². The third kappa shape index (κ3) is 4.16. The van der Waals surface area contributed by atoms with E-state index in [1.165, 1.54) is 4.90 Å². The zero-order chi connectivity index (χ0) is 15.3. The summed E-state index contributed by atoms with van der Waals surface area (Å²) in [4.78, 5) is 15.8. The Morgan fingerprint density at radius 3 is 2.40 bits per heavy atom. The van der Waals surface area contributed by atoms with Crippen LogP contribution in [0, 0.1) is 11.6 Å². The molecule has 0 unspecified atom stereocenters. The van der Waals surface area contributed by atoms with Crippen LogP contribution >= 0.6 is 0 Å². The number of hydrogen-bond acceptors (Lipinski definition) is 3. The van der Waals surface area contributed by atoms with Gasteiger partial charge in [-0.1, -0.05) is 6.92 Å². The predicted molar refractivity (Wildman–Crippen MR) is 75.5 cm³/mol. The molecular formula is C14H21F2N3O. The number of nitrogens with two attached hydrogens (primary N) is 1. The van der Waals surface area contributed by atoms with E-state index >= 15 is 0 Å². The highest BCUT2D eigenvalue weighted by molar-refractivity contribution is 5.95. The lowest BCUT2D eigenvalue weighted by molar-refractivity contribution is 0.0740. The Morgan fingerprint density at radius 1 is 1.20 bits per heavy atom. The molecule has 0 spiro atoms. The molecule has 0 saturated heterocycles. The summed E-state index contributed by atoms with van der Waals surface area (Å²) in [7, 11) is 3.77. The van der Waals surface area contributed by atoms with Gasteiger partial charge in [-0.15, -0.1) is 0 Å². The maximum absolute atomic E-state index is 13.9. The SMILES string of the molecule is CCCN(CCN(C)C)C(=O)c1cc(F)cc(N)c1F. The van der Waals surface area contributed by atoms with Gasteiger partial charge in [-0.25, -0.2) is 8.78 Å². The fraction of sp³-hybridized carbons (Fsp3) is 0.500. The quantitative estimate of drug-likeness (QED) is 0.813. The van der Waals surface area contributed by atoms with Gasteiger partial charge in [-0.3, -0.25) is 4.79 Å². The van der Waals surface area contributed by atoms with Crippen LogP contribution in [-0.2, 0) is 0 Å². The van der Waals surface area contributed by atoms with E-state index in [9.17, 15) is 13.6 Å². The summed E-state index contributed by atoms with van der Waals surface area (Å²) in [5, 5.41) is 0. The van der Waals surface area contributed by atoms with Gasteiger partial charge in [0.1, 0.15) is 5.82 Å². The van der Waals surface area contributed by atoms with Crippen LogP contribution in [0.25, 0.3) is 0 Å². The van der Waals surface area contributed by atoms with E-state index in [2.05, 4.69) is 0 Å². The standard InChI is InChI=1S/C14H21F2N3O/c1-4-5-19(7-6-18(2)3)14(20)11-8-10(15)9-12(17)13(11)16/h8-9H,4-7,17H2,1-3H3. The molecule has 4 nitrogen and oxygen atoms in total. The molecule has 1 rings (SSSR count). The van der Waals surface area contributed by atoms with Crippen LogP contribution in [0.3, 0.4) is 0 Å². The zero-order valence-electron chi connectivity index (χ0n) is 12.1. The lowest BCUT2D eigenvalue weighted by atomic mass is 10.1. The zero-order valence-corrected chi connectivity index (χ0v) is 12.1.